The minimum Gasteiger partial charge on any atom is -0.324 e. The number of carbonyl (C=O) groups is 1. The number of rotatable bonds is 8. The standard InChI is InChI=1S/C22H23Cl2N5O5S2/c1-13-11-14(2)26-22(25-13)28-36(33,34)18-8-6-17(7-9-18)27-21(30)15(3)29(35(4,31)32)20-12-16(23)5-10-19(20)24/h5-12,15H,1-4H3,(H,27,30)(H,25,26,28)/t15-/m0/s1. The van der Waals surface area contributed by atoms with Gasteiger partial charge in [-0.2, -0.15) is 0 Å². The van der Waals surface area contributed by atoms with Crippen molar-refractivity contribution in [3.8, 4) is 0 Å². The number of hydrogen-bond acceptors (Lipinski definition) is 7. The summed E-state index contributed by atoms with van der Waals surface area (Å²) in [7, 11) is -7.91. The van der Waals surface area contributed by atoms with Crippen LogP contribution in [-0.4, -0.2) is 45.0 Å². The van der Waals surface area contributed by atoms with Gasteiger partial charge < -0.3 is 5.32 Å². The van der Waals surface area contributed by atoms with E-state index in [1.165, 1.54) is 49.4 Å². The Morgan fingerprint density at radius 2 is 1.53 bits per heavy atom. The van der Waals surface area contributed by atoms with Crippen LogP contribution in [0.15, 0.2) is 53.4 Å². The first-order valence-electron chi connectivity index (χ1n) is 10.4. The van der Waals surface area contributed by atoms with Crippen molar-refractivity contribution in [3.63, 3.8) is 0 Å². The van der Waals surface area contributed by atoms with E-state index in [0.717, 1.165) is 10.6 Å². The van der Waals surface area contributed by atoms with Crippen LogP contribution in [0.25, 0.3) is 0 Å². The molecule has 0 aliphatic carbocycles. The van der Waals surface area contributed by atoms with Crippen molar-refractivity contribution in [2.24, 2.45) is 0 Å². The third-order valence-corrected chi connectivity index (χ3v) is 8.00. The Bertz CT molecular complexity index is 1490. The van der Waals surface area contributed by atoms with Gasteiger partial charge in [-0.1, -0.05) is 23.2 Å². The van der Waals surface area contributed by atoms with Crippen LogP contribution in [0, 0.1) is 13.8 Å². The largest absolute Gasteiger partial charge is 0.324 e. The van der Waals surface area contributed by atoms with Crippen molar-refractivity contribution in [2.45, 2.75) is 31.7 Å². The molecule has 3 aromatic rings. The number of anilines is 3. The van der Waals surface area contributed by atoms with Gasteiger partial charge in [0.15, 0.2) is 0 Å². The maximum Gasteiger partial charge on any atom is 0.264 e. The van der Waals surface area contributed by atoms with E-state index in [4.69, 9.17) is 23.2 Å². The highest BCUT2D eigenvalue weighted by atomic mass is 35.5. The predicted octanol–water partition coefficient (Wildman–Crippen LogP) is 3.99. The van der Waals surface area contributed by atoms with Gasteiger partial charge in [-0.25, -0.2) is 31.5 Å². The number of aryl methyl sites for hydroxylation is 2. The maximum absolute atomic E-state index is 12.9. The number of nitrogens with zero attached hydrogens (tertiary/aromatic N) is 3. The number of nitrogens with one attached hydrogen (secondary N) is 2. The molecule has 1 aromatic heterocycles. The minimum atomic E-state index is -3.99. The van der Waals surface area contributed by atoms with Gasteiger partial charge in [-0.3, -0.25) is 9.10 Å². The number of carbonyl (C=O) groups excluding carboxylic acids is 1. The minimum absolute atomic E-state index is 0.0513. The molecule has 3 rings (SSSR count). The monoisotopic (exact) mass is 571 g/mol. The molecule has 0 fully saturated rings. The third kappa shape index (κ3) is 6.64. The Kier molecular flexibility index (Phi) is 8.13. The van der Waals surface area contributed by atoms with Crippen LogP contribution >= 0.6 is 23.2 Å². The van der Waals surface area contributed by atoms with Crippen molar-refractivity contribution in [1.82, 2.24) is 9.97 Å². The van der Waals surface area contributed by atoms with Gasteiger partial charge in [0.05, 0.1) is 21.9 Å². The van der Waals surface area contributed by atoms with E-state index in [-0.39, 0.29) is 32.3 Å². The molecule has 0 radical (unpaired) electrons. The second kappa shape index (κ2) is 10.6. The molecule has 14 heteroatoms. The summed E-state index contributed by atoms with van der Waals surface area (Å²) in [4.78, 5) is 21.0. The molecule has 10 nitrogen and oxygen atoms in total. The van der Waals surface area contributed by atoms with Crippen LogP contribution < -0.4 is 14.3 Å². The van der Waals surface area contributed by atoms with Gasteiger partial charge in [0, 0.05) is 22.1 Å². The molecule has 2 N–H and O–H groups in total. The molecule has 36 heavy (non-hydrogen) atoms. The Morgan fingerprint density at radius 1 is 0.944 bits per heavy atom. The highest BCUT2D eigenvalue weighted by Gasteiger charge is 2.31. The number of sulfonamides is 2. The van der Waals surface area contributed by atoms with Crippen molar-refractivity contribution in [3.05, 3.63) is 70.0 Å². The molecule has 0 saturated carbocycles. The number of amides is 1. The first-order chi connectivity index (χ1) is 16.7. The lowest BCUT2D eigenvalue weighted by Gasteiger charge is -2.29. The molecule has 0 aliphatic heterocycles. The van der Waals surface area contributed by atoms with Gasteiger partial charge >= 0.3 is 0 Å². The van der Waals surface area contributed by atoms with E-state index in [0.29, 0.717) is 11.4 Å². The van der Waals surface area contributed by atoms with Gasteiger partial charge in [0.25, 0.3) is 10.0 Å². The second-order valence-electron chi connectivity index (χ2n) is 7.92. The second-order valence-corrected chi connectivity index (χ2v) is 12.3. The summed E-state index contributed by atoms with van der Waals surface area (Å²) < 4.78 is 53.6. The lowest BCUT2D eigenvalue weighted by atomic mass is 10.2. The topological polar surface area (TPSA) is 138 Å². The van der Waals surface area contributed by atoms with Crippen LogP contribution in [0.1, 0.15) is 18.3 Å². The molecule has 0 bridgehead atoms. The number of aromatic nitrogens is 2. The predicted molar refractivity (Wildman–Crippen MR) is 141 cm³/mol. The van der Waals surface area contributed by atoms with Crippen molar-refractivity contribution in [1.29, 1.82) is 0 Å². The summed E-state index contributed by atoms with van der Waals surface area (Å²) in [6.07, 6.45) is 0.945. The summed E-state index contributed by atoms with van der Waals surface area (Å²) in [6, 6.07) is 10.1. The van der Waals surface area contributed by atoms with Gasteiger partial charge in [0.2, 0.25) is 21.9 Å². The molecule has 0 aliphatic rings. The van der Waals surface area contributed by atoms with Gasteiger partial charge in [-0.05, 0) is 69.3 Å². The molecule has 0 spiro atoms. The highest BCUT2D eigenvalue weighted by Crippen LogP contribution is 2.32. The van der Waals surface area contributed by atoms with Crippen LogP contribution in [0.5, 0.6) is 0 Å². The number of benzene rings is 2. The summed E-state index contributed by atoms with van der Waals surface area (Å²) in [6.45, 7) is 4.83. The Morgan fingerprint density at radius 3 is 2.08 bits per heavy atom. The lowest BCUT2D eigenvalue weighted by molar-refractivity contribution is -0.116. The first kappa shape index (κ1) is 27.7. The highest BCUT2D eigenvalue weighted by molar-refractivity contribution is 7.92. The summed E-state index contributed by atoms with van der Waals surface area (Å²) in [5.41, 5.74) is 1.51. The first-order valence-corrected chi connectivity index (χ1v) is 14.5. The average Bonchev–Trinajstić information content (AvgIpc) is 2.74. The number of hydrogen-bond donors (Lipinski definition) is 2. The van der Waals surface area contributed by atoms with E-state index >= 15 is 0 Å². The molecule has 0 unspecified atom stereocenters. The summed E-state index contributed by atoms with van der Waals surface area (Å²) >= 11 is 12.2. The lowest BCUT2D eigenvalue weighted by Crippen LogP contribution is -2.45. The number of halogens is 2. The van der Waals surface area contributed by atoms with Crippen molar-refractivity contribution < 1.29 is 21.6 Å². The third-order valence-electron chi connectivity index (χ3n) is 4.87. The van der Waals surface area contributed by atoms with Gasteiger partial charge in [0.1, 0.15) is 6.04 Å². The van der Waals surface area contributed by atoms with Crippen molar-refractivity contribution in [2.75, 3.05) is 20.6 Å². The van der Waals surface area contributed by atoms with E-state index in [1.807, 2.05) is 0 Å². The zero-order chi connectivity index (χ0) is 26.8. The Hall–Kier alpha value is -2.93. The van der Waals surface area contributed by atoms with E-state index in [2.05, 4.69) is 20.0 Å². The molecule has 0 saturated heterocycles. The van der Waals surface area contributed by atoms with Crippen molar-refractivity contribution >= 4 is 66.5 Å². The molecule has 192 valence electrons. The molecular formula is C22H23Cl2N5O5S2. The van der Waals surface area contributed by atoms with E-state index < -0.39 is 32.0 Å². The molecule has 1 amide bonds. The summed E-state index contributed by atoms with van der Waals surface area (Å²) in [5.74, 6) is -0.729. The molecular weight excluding hydrogens is 549 g/mol. The van der Waals surface area contributed by atoms with Crippen LogP contribution in [0.4, 0.5) is 17.3 Å². The normalized spacial score (nSPS) is 12.6. The SMILES string of the molecule is Cc1cc(C)nc(NS(=O)(=O)c2ccc(NC(=O)[C@H](C)N(c3cc(Cl)ccc3Cl)S(C)(=O)=O)cc2)n1. The smallest absolute Gasteiger partial charge is 0.264 e. The maximum atomic E-state index is 12.9. The van der Waals surface area contributed by atoms with Crippen LogP contribution in [-0.2, 0) is 24.8 Å². The summed E-state index contributed by atoms with van der Waals surface area (Å²) in [5, 5.41) is 2.92. The Labute approximate surface area is 219 Å². The fraction of sp³-hybridized carbons (Fsp3) is 0.227. The molecule has 1 heterocycles. The van der Waals surface area contributed by atoms with Gasteiger partial charge in [-0.15, -0.1) is 0 Å². The zero-order valence-electron chi connectivity index (χ0n) is 19.7. The zero-order valence-corrected chi connectivity index (χ0v) is 22.8. The van der Waals surface area contributed by atoms with E-state index in [1.54, 1.807) is 19.9 Å². The fourth-order valence-corrected chi connectivity index (χ4v) is 5.90. The fourth-order valence-electron chi connectivity index (χ4n) is 3.35. The molecule has 2 aromatic carbocycles. The molecule has 1 atom stereocenters. The van der Waals surface area contributed by atoms with Crippen LogP contribution in [0.2, 0.25) is 10.0 Å². The van der Waals surface area contributed by atoms with E-state index in [9.17, 15) is 21.6 Å². The quantitative estimate of drug-likeness (QED) is 0.416. The van der Waals surface area contributed by atoms with Crippen LogP contribution in [0.3, 0.4) is 0 Å². The average molecular weight is 572 g/mol. The Balaban J connectivity index is 1.80.